The molecule has 0 saturated heterocycles. The maximum atomic E-state index is 13.2. The summed E-state index contributed by atoms with van der Waals surface area (Å²) >= 11 is 1.27. The van der Waals surface area contributed by atoms with E-state index in [2.05, 4.69) is 4.99 Å². The largest absolute Gasteiger partial charge is 0.484 e. The number of hydrogen-bond donors (Lipinski definition) is 0. The van der Waals surface area contributed by atoms with Crippen LogP contribution in [0.1, 0.15) is 0 Å². The lowest BCUT2D eigenvalue weighted by Crippen LogP contribution is -2.17. The Balaban J connectivity index is 1.82. The van der Waals surface area contributed by atoms with Crippen LogP contribution < -0.4 is 9.54 Å². The maximum absolute atomic E-state index is 13.2. The zero-order valence-corrected chi connectivity index (χ0v) is 12.6. The molecule has 3 rings (SSSR count). The summed E-state index contributed by atoms with van der Waals surface area (Å²) in [7, 11) is 1.79. The van der Waals surface area contributed by atoms with Crippen LogP contribution in [0.15, 0.2) is 53.5 Å². The quantitative estimate of drug-likeness (QED) is 0.746. The zero-order valence-electron chi connectivity index (χ0n) is 11.8. The van der Waals surface area contributed by atoms with Crippen LogP contribution in [0.4, 0.5) is 4.39 Å². The Morgan fingerprint density at radius 3 is 2.82 bits per heavy atom. The third-order valence-electron chi connectivity index (χ3n) is 3.10. The number of benzene rings is 2. The number of carbonyl (C=O) groups is 1. The van der Waals surface area contributed by atoms with E-state index in [0.717, 1.165) is 10.2 Å². The molecular weight excluding hydrogens is 303 g/mol. The van der Waals surface area contributed by atoms with Gasteiger partial charge < -0.3 is 9.30 Å². The average molecular weight is 316 g/mol. The third-order valence-corrected chi connectivity index (χ3v) is 4.19. The lowest BCUT2D eigenvalue weighted by molar-refractivity contribution is -0.120. The second-order valence-electron chi connectivity index (χ2n) is 4.66. The van der Waals surface area contributed by atoms with E-state index in [1.165, 1.54) is 23.5 Å². The van der Waals surface area contributed by atoms with Gasteiger partial charge in [-0.3, -0.25) is 4.79 Å². The topological polar surface area (TPSA) is 43.6 Å². The van der Waals surface area contributed by atoms with Crippen molar-refractivity contribution in [3.63, 3.8) is 0 Å². The molecule has 6 heteroatoms. The van der Waals surface area contributed by atoms with Gasteiger partial charge in [0.15, 0.2) is 11.4 Å². The highest BCUT2D eigenvalue weighted by Crippen LogP contribution is 2.17. The summed E-state index contributed by atoms with van der Waals surface area (Å²) in [6, 6.07) is 13.6. The molecule has 3 aromatic rings. The number of fused-ring (bicyclic) bond motifs is 1. The smallest absolute Gasteiger partial charge is 0.286 e. The van der Waals surface area contributed by atoms with Crippen LogP contribution in [0.25, 0.3) is 10.2 Å². The monoisotopic (exact) mass is 316 g/mol. The van der Waals surface area contributed by atoms with E-state index in [1.807, 2.05) is 18.2 Å². The van der Waals surface area contributed by atoms with E-state index in [1.54, 1.807) is 29.8 Å². The first-order chi connectivity index (χ1) is 10.6. The van der Waals surface area contributed by atoms with Gasteiger partial charge in [0.25, 0.3) is 5.91 Å². The summed E-state index contributed by atoms with van der Waals surface area (Å²) in [4.78, 5) is 16.5. The molecule has 0 aliphatic carbocycles. The van der Waals surface area contributed by atoms with E-state index in [0.29, 0.717) is 10.6 Å². The van der Waals surface area contributed by atoms with Gasteiger partial charge in [-0.2, -0.15) is 4.99 Å². The van der Waals surface area contributed by atoms with Crippen molar-refractivity contribution in [1.82, 2.24) is 4.57 Å². The lowest BCUT2D eigenvalue weighted by atomic mass is 10.3. The van der Waals surface area contributed by atoms with Gasteiger partial charge in [-0.25, -0.2) is 4.39 Å². The van der Waals surface area contributed by atoms with Gasteiger partial charge in [-0.1, -0.05) is 29.5 Å². The average Bonchev–Trinajstić information content (AvgIpc) is 2.82. The number of thiazole rings is 1. The number of hydrogen-bond acceptors (Lipinski definition) is 3. The van der Waals surface area contributed by atoms with E-state index in [4.69, 9.17) is 4.74 Å². The molecule has 0 radical (unpaired) electrons. The Kier molecular flexibility index (Phi) is 4.02. The Morgan fingerprint density at radius 1 is 1.27 bits per heavy atom. The summed E-state index contributed by atoms with van der Waals surface area (Å²) in [5.41, 5.74) is 0.835. The first-order valence-corrected chi connectivity index (χ1v) is 7.45. The molecule has 1 amide bonds. The number of aryl methyl sites for hydroxylation is 1. The first-order valence-electron chi connectivity index (χ1n) is 6.64. The fraction of sp³-hybridized carbons (Fsp3) is 0.125. The van der Waals surface area contributed by atoms with Crippen LogP contribution in [0.2, 0.25) is 0 Å². The van der Waals surface area contributed by atoms with E-state index in [9.17, 15) is 9.18 Å². The van der Waals surface area contributed by atoms with E-state index < -0.39 is 0 Å². The van der Waals surface area contributed by atoms with Crippen LogP contribution in [0.3, 0.4) is 0 Å². The normalized spacial score (nSPS) is 11.8. The first kappa shape index (κ1) is 14.5. The van der Waals surface area contributed by atoms with Gasteiger partial charge in [0.2, 0.25) is 0 Å². The second-order valence-corrected chi connectivity index (χ2v) is 5.67. The molecule has 22 heavy (non-hydrogen) atoms. The lowest BCUT2D eigenvalue weighted by Gasteiger charge is -2.01. The summed E-state index contributed by atoms with van der Waals surface area (Å²) in [6.45, 7) is -0.132. The molecular formula is C16H13FN2O2S. The SMILES string of the molecule is Cn1c(=NC(=O)COc2ccccc2)sc2cc(F)ccc21. The number of rotatable bonds is 3. The van der Waals surface area contributed by atoms with Crippen molar-refractivity contribution >= 4 is 27.5 Å². The minimum absolute atomic E-state index is 0.132. The molecule has 0 N–H and O–H groups in total. The Morgan fingerprint density at radius 2 is 2.05 bits per heavy atom. The molecule has 0 spiro atoms. The number of aromatic nitrogens is 1. The minimum Gasteiger partial charge on any atom is -0.484 e. The number of para-hydroxylation sites is 1. The molecule has 1 heterocycles. The van der Waals surface area contributed by atoms with Crippen LogP contribution in [-0.2, 0) is 11.8 Å². The van der Waals surface area contributed by atoms with E-state index in [-0.39, 0.29) is 18.3 Å². The molecule has 0 saturated carbocycles. The fourth-order valence-electron chi connectivity index (χ4n) is 2.02. The molecule has 1 aromatic heterocycles. The van der Waals surface area contributed by atoms with Gasteiger partial charge >= 0.3 is 0 Å². The van der Waals surface area contributed by atoms with Crippen LogP contribution in [0, 0.1) is 5.82 Å². The number of carbonyl (C=O) groups excluding carboxylic acids is 1. The number of ether oxygens (including phenoxy) is 1. The van der Waals surface area contributed by atoms with Crippen LogP contribution in [-0.4, -0.2) is 17.1 Å². The van der Waals surface area contributed by atoms with Crippen LogP contribution >= 0.6 is 11.3 Å². The summed E-state index contributed by atoms with van der Waals surface area (Å²) in [5.74, 6) is -0.0695. The van der Waals surface area contributed by atoms with Crippen molar-refractivity contribution in [1.29, 1.82) is 0 Å². The summed E-state index contributed by atoms with van der Waals surface area (Å²) < 4.78 is 21.1. The highest BCUT2D eigenvalue weighted by Gasteiger charge is 2.06. The standard InChI is InChI=1S/C16H13FN2O2S/c1-19-13-8-7-11(17)9-14(13)22-16(19)18-15(20)10-21-12-5-3-2-4-6-12/h2-9H,10H2,1H3. The predicted octanol–water partition coefficient (Wildman–Crippen LogP) is 2.89. The predicted molar refractivity (Wildman–Crippen MR) is 83.3 cm³/mol. The summed E-state index contributed by atoms with van der Waals surface area (Å²) in [5, 5.41) is 0. The van der Waals surface area contributed by atoms with Crippen molar-refractivity contribution in [2.75, 3.05) is 6.61 Å². The van der Waals surface area contributed by atoms with Gasteiger partial charge in [-0.15, -0.1) is 0 Å². The van der Waals surface area contributed by atoms with Gasteiger partial charge in [0.1, 0.15) is 11.6 Å². The number of nitrogens with zero attached hydrogens (tertiary/aromatic N) is 2. The van der Waals surface area contributed by atoms with Crippen molar-refractivity contribution in [2.45, 2.75) is 0 Å². The second kappa shape index (κ2) is 6.11. The number of amides is 1. The van der Waals surface area contributed by atoms with Gasteiger partial charge in [-0.05, 0) is 30.3 Å². The third kappa shape index (κ3) is 3.07. The molecule has 0 unspecified atom stereocenters. The highest BCUT2D eigenvalue weighted by molar-refractivity contribution is 7.16. The summed E-state index contributed by atoms with van der Waals surface area (Å²) in [6.07, 6.45) is 0. The molecule has 0 aliphatic rings. The van der Waals surface area contributed by atoms with Crippen molar-refractivity contribution in [2.24, 2.45) is 12.0 Å². The van der Waals surface area contributed by atoms with Gasteiger partial charge in [0.05, 0.1) is 10.2 Å². The van der Waals surface area contributed by atoms with Crippen molar-refractivity contribution in [3.05, 3.63) is 59.1 Å². The minimum atomic E-state index is -0.383. The highest BCUT2D eigenvalue weighted by atomic mass is 32.1. The molecule has 2 aromatic carbocycles. The van der Waals surface area contributed by atoms with Crippen molar-refractivity contribution < 1.29 is 13.9 Å². The number of halogens is 1. The molecule has 0 aliphatic heterocycles. The van der Waals surface area contributed by atoms with Gasteiger partial charge in [0, 0.05) is 7.05 Å². The van der Waals surface area contributed by atoms with Crippen LogP contribution in [0.5, 0.6) is 5.75 Å². The van der Waals surface area contributed by atoms with Crippen molar-refractivity contribution in [3.8, 4) is 5.75 Å². The molecule has 0 bridgehead atoms. The maximum Gasteiger partial charge on any atom is 0.286 e. The Hall–Kier alpha value is -2.47. The fourth-order valence-corrected chi connectivity index (χ4v) is 3.08. The zero-order chi connectivity index (χ0) is 15.5. The Bertz CT molecular complexity index is 884. The molecule has 0 atom stereocenters. The van der Waals surface area contributed by atoms with E-state index >= 15 is 0 Å². The molecule has 112 valence electrons. The molecule has 4 nitrogen and oxygen atoms in total. The molecule has 0 fully saturated rings. The Labute approximate surface area is 130 Å².